The van der Waals surface area contributed by atoms with Crippen LogP contribution in [0.2, 0.25) is 0 Å². The van der Waals surface area contributed by atoms with Crippen LogP contribution in [-0.4, -0.2) is 23.4 Å². The first-order chi connectivity index (χ1) is 15.3. The second-order valence-electron chi connectivity index (χ2n) is 8.44. The van der Waals surface area contributed by atoms with Crippen molar-refractivity contribution in [1.29, 1.82) is 0 Å². The lowest BCUT2D eigenvalue weighted by atomic mass is 10.1. The Balaban J connectivity index is 1.74. The molecule has 1 aromatic carbocycles. The summed E-state index contributed by atoms with van der Waals surface area (Å²) in [6.45, 7) is 4.47. The predicted molar refractivity (Wildman–Crippen MR) is 129 cm³/mol. The van der Waals surface area contributed by atoms with E-state index in [0.717, 1.165) is 36.4 Å². The molecule has 4 nitrogen and oxygen atoms in total. The Bertz CT molecular complexity index is 685. The highest BCUT2D eigenvalue weighted by atomic mass is 16.7. The first-order valence-electron chi connectivity index (χ1n) is 12.4. The number of hydrogen-bond donors (Lipinski definition) is 0. The Morgan fingerprint density at radius 1 is 0.742 bits per heavy atom. The van der Waals surface area contributed by atoms with E-state index in [2.05, 4.69) is 23.8 Å². The molecule has 0 amide bonds. The molecular formula is C27H42N2O2. The maximum atomic E-state index is 5.95. The van der Waals surface area contributed by atoms with Crippen molar-refractivity contribution in [3.63, 3.8) is 0 Å². The van der Waals surface area contributed by atoms with Gasteiger partial charge >= 0.3 is 0 Å². The zero-order valence-electron chi connectivity index (χ0n) is 19.9. The molecule has 1 unspecified atom stereocenters. The summed E-state index contributed by atoms with van der Waals surface area (Å²) in [7, 11) is 1.70. The Kier molecular flexibility index (Phi) is 12.9. The van der Waals surface area contributed by atoms with Gasteiger partial charge in [-0.1, -0.05) is 71.6 Å². The van der Waals surface area contributed by atoms with Crippen molar-refractivity contribution in [2.45, 2.75) is 104 Å². The Morgan fingerprint density at radius 2 is 1.32 bits per heavy atom. The van der Waals surface area contributed by atoms with E-state index < -0.39 is 0 Å². The number of aromatic nitrogens is 2. The number of ether oxygens (including phenoxy) is 2. The molecule has 2 aromatic rings. The third-order valence-corrected chi connectivity index (χ3v) is 5.71. The minimum absolute atomic E-state index is 0.190. The van der Waals surface area contributed by atoms with Gasteiger partial charge in [-0.15, -0.1) is 0 Å². The van der Waals surface area contributed by atoms with E-state index >= 15 is 0 Å². The van der Waals surface area contributed by atoms with Crippen molar-refractivity contribution in [3.8, 4) is 17.1 Å². The minimum atomic E-state index is -0.190. The average Bonchev–Trinajstić information content (AvgIpc) is 2.81. The number of benzene rings is 1. The average molecular weight is 427 g/mol. The second-order valence-corrected chi connectivity index (χ2v) is 8.44. The molecule has 0 N–H and O–H groups in total. The van der Waals surface area contributed by atoms with Crippen molar-refractivity contribution in [1.82, 2.24) is 9.97 Å². The first-order valence-corrected chi connectivity index (χ1v) is 12.4. The lowest BCUT2D eigenvalue weighted by Gasteiger charge is -2.17. The van der Waals surface area contributed by atoms with Crippen LogP contribution in [0, 0.1) is 0 Å². The molecule has 0 bridgehead atoms. The number of nitrogens with zero attached hydrogens (tertiary/aromatic N) is 2. The molecule has 172 valence electrons. The number of rotatable bonds is 17. The van der Waals surface area contributed by atoms with Crippen molar-refractivity contribution >= 4 is 0 Å². The largest absolute Gasteiger partial charge is 0.465 e. The van der Waals surface area contributed by atoms with Crippen molar-refractivity contribution in [2.75, 3.05) is 7.11 Å². The quantitative estimate of drug-likeness (QED) is 0.191. The van der Waals surface area contributed by atoms with Crippen molar-refractivity contribution in [2.24, 2.45) is 0 Å². The van der Waals surface area contributed by atoms with Gasteiger partial charge in [-0.25, -0.2) is 9.97 Å². The van der Waals surface area contributed by atoms with E-state index in [4.69, 9.17) is 9.47 Å². The monoisotopic (exact) mass is 426 g/mol. The van der Waals surface area contributed by atoms with Gasteiger partial charge in [0.1, 0.15) is 5.75 Å². The van der Waals surface area contributed by atoms with Crippen LogP contribution in [0.5, 0.6) is 5.75 Å². The zero-order valence-corrected chi connectivity index (χ0v) is 19.9. The van der Waals surface area contributed by atoms with E-state index in [1.54, 1.807) is 7.11 Å². The van der Waals surface area contributed by atoms with Gasteiger partial charge in [-0.2, -0.15) is 0 Å². The maximum Gasteiger partial charge on any atom is 0.199 e. The van der Waals surface area contributed by atoms with Crippen LogP contribution in [0.3, 0.4) is 0 Å². The lowest BCUT2D eigenvalue weighted by molar-refractivity contribution is -0.0593. The Labute approximate surface area is 189 Å². The summed E-state index contributed by atoms with van der Waals surface area (Å²) in [6.07, 6.45) is 20.0. The standard InChI is InChI=1S/C27H42N2O2/c1-4-6-8-9-10-11-12-14-15-23-21-28-27(29-22-23)24-17-19-25(20-18-24)31-26(30-3)16-13-7-5-2/h17-22,26H,4-16H2,1-3H3. The summed E-state index contributed by atoms with van der Waals surface area (Å²) in [5, 5.41) is 0. The van der Waals surface area contributed by atoms with Crippen LogP contribution in [0.4, 0.5) is 0 Å². The smallest absolute Gasteiger partial charge is 0.199 e. The fraction of sp³-hybridized carbons (Fsp3) is 0.630. The van der Waals surface area contributed by atoms with E-state index in [0.29, 0.717) is 0 Å². The first kappa shape index (κ1) is 25.3. The summed E-state index contributed by atoms with van der Waals surface area (Å²) in [4.78, 5) is 9.16. The molecule has 0 saturated heterocycles. The summed E-state index contributed by atoms with van der Waals surface area (Å²) in [5.41, 5.74) is 2.23. The number of aryl methyl sites for hydroxylation is 1. The fourth-order valence-electron chi connectivity index (χ4n) is 3.72. The zero-order chi connectivity index (χ0) is 22.2. The highest BCUT2D eigenvalue weighted by Gasteiger charge is 2.09. The van der Waals surface area contributed by atoms with Crippen LogP contribution < -0.4 is 4.74 Å². The van der Waals surface area contributed by atoms with Crippen LogP contribution in [0.15, 0.2) is 36.7 Å². The summed E-state index contributed by atoms with van der Waals surface area (Å²) in [5.74, 6) is 1.58. The molecule has 0 fully saturated rings. The summed E-state index contributed by atoms with van der Waals surface area (Å²) >= 11 is 0. The highest BCUT2D eigenvalue weighted by Crippen LogP contribution is 2.21. The van der Waals surface area contributed by atoms with Gasteiger partial charge in [0.25, 0.3) is 0 Å². The van der Waals surface area contributed by atoms with Gasteiger partial charge in [-0.3, -0.25) is 0 Å². The van der Waals surface area contributed by atoms with E-state index in [-0.39, 0.29) is 6.29 Å². The van der Waals surface area contributed by atoms with Gasteiger partial charge < -0.3 is 9.47 Å². The molecule has 0 aliphatic carbocycles. The van der Waals surface area contributed by atoms with Crippen molar-refractivity contribution < 1.29 is 9.47 Å². The molecule has 1 heterocycles. The van der Waals surface area contributed by atoms with Crippen LogP contribution in [-0.2, 0) is 11.2 Å². The molecule has 1 atom stereocenters. The summed E-state index contributed by atoms with van der Waals surface area (Å²) < 4.78 is 11.4. The number of unbranched alkanes of at least 4 members (excludes halogenated alkanes) is 9. The summed E-state index contributed by atoms with van der Waals surface area (Å²) in [6, 6.07) is 7.97. The van der Waals surface area contributed by atoms with Crippen LogP contribution >= 0.6 is 0 Å². The van der Waals surface area contributed by atoms with Gasteiger partial charge in [0.2, 0.25) is 0 Å². The van der Waals surface area contributed by atoms with Gasteiger partial charge in [0.05, 0.1) is 0 Å². The molecule has 2 rings (SSSR count). The highest BCUT2D eigenvalue weighted by molar-refractivity contribution is 5.55. The third kappa shape index (κ3) is 10.3. The van der Waals surface area contributed by atoms with Crippen LogP contribution in [0.1, 0.15) is 96.5 Å². The molecule has 0 aliphatic heterocycles. The molecule has 0 saturated carbocycles. The fourth-order valence-corrected chi connectivity index (χ4v) is 3.72. The third-order valence-electron chi connectivity index (χ3n) is 5.71. The Morgan fingerprint density at radius 3 is 1.94 bits per heavy atom. The molecule has 31 heavy (non-hydrogen) atoms. The van der Waals surface area contributed by atoms with E-state index in [1.807, 2.05) is 36.7 Å². The molecule has 0 aliphatic rings. The topological polar surface area (TPSA) is 44.2 Å². The van der Waals surface area contributed by atoms with Gasteiger partial charge in [-0.05, 0) is 49.1 Å². The Hall–Kier alpha value is -1.94. The van der Waals surface area contributed by atoms with E-state index in [1.165, 1.54) is 69.8 Å². The molecule has 0 spiro atoms. The van der Waals surface area contributed by atoms with Gasteiger partial charge in [0.15, 0.2) is 12.1 Å². The number of methoxy groups -OCH3 is 1. The second kappa shape index (κ2) is 15.8. The van der Waals surface area contributed by atoms with Crippen molar-refractivity contribution in [3.05, 3.63) is 42.2 Å². The molecular weight excluding hydrogens is 384 g/mol. The number of hydrogen-bond acceptors (Lipinski definition) is 4. The normalized spacial score (nSPS) is 12.1. The minimum Gasteiger partial charge on any atom is -0.465 e. The van der Waals surface area contributed by atoms with E-state index in [9.17, 15) is 0 Å². The molecule has 1 aromatic heterocycles. The molecule has 4 heteroatoms. The van der Waals surface area contributed by atoms with Crippen LogP contribution in [0.25, 0.3) is 11.4 Å². The van der Waals surface area contributed by atoms with Gasteiger partial charge in [0, 0.05) is 31.5 Å². The lowest BCUT2D eigenvalue weighted by Crippen LogP contribution is -2.18. The molecule has 0 radical (unpaired) electrons. The predicted octanol–water partition coefficient (Wildman–Crippen LogP) is 7.76. The SMILES string of the molecule is CCCCCCCCCCc1cnc(-c2ccc(OC(CCCCC)OC)cc2)nc1. The maximum absolute atomic E-state index is 5.95.